The van der Waals surface area contributed by atoms with E-state index in [-0.39, 0.29) is 45.6 Å². The molecule has 0 fully saturated rings. The Kier molecular flexibility index (Phi) is 10.4. The number of nitro groups is 1. The monoisotopic (exact) mass is 719 g/mol. The van der Waals surface area contributed by atoms with Gasteiger partial charge in [0.1, 0.15) is 10.6 Å². The summed E-state index contributed by atoms with van der Waals surface area (Å²) in [6, 6.07) is 15.0. The van der Waals surface area contributed by atoms with Gasteiger partial charge in [0.25, 0.3) is 15.8 Å². The van der Waals surface area contributed by atoms with E-state index in [1.165, 1.54) is 32.4 Å². The molecular weight excluding hydrogens is 678 g/mol. The zero-order valence-electron chi connectivity index (χ0n) is 29.1. The zero-order valence-corrected chi connectivity index (χ0v) is 30.0. The Balaban J connectivity index is 1.65. The number of benzene rings is 4. The highest BCUT2D eigenvalue weighted by atomic mass is 32.2. The number of nitro benzene ring substituents is 1. The van der Waals surface area contributed by atoms with Crippen molar-refractivity contribution in [2.24, 2.45) is 0 Å². The molecule has 0 spiro atoms. The minimum Gasteiger partial charge on any atom is -0.493 e. The fourth-order valence-electron chi connectivity index (χ4n) is 6.92. The van der Waals surface area contributed by atoms with Crippen molar-refractivity contribution in [3.05, 3.63) is 98.1 Å². The number of fused-ring (bicyclic) bond motifs is 3. The van der Waals surface area contributed by atoms with Crippen molar-refractivity contribution in [2.75, 3.05) is 48.5 Å². The molecule has 3 aliphatic heterocycles. The third-order valence-corrected chi connectivity index (χ3v) is 10.5. The summed E-state index contributed by atoms with van der Waals surface area (Å²) in [4.78, 5) is 13.6. The van der Waals surface area contributed by atoms with Crippen molar-refractivity contribution in [3.63, 3.8) is 0 Å². The Morgan fingerprint density at radius 2 is 1.59 bits per heavy atom. The highest BCUT2D eigenvalue weighted by molar-refractivity contribution is 7.85. The van der Waals surface area contributed by atoms with Crippen LogP contribution in [0.15, 0.2) is 59.5 Å². The molecule has 7 rings (SSSR count). The first-order chi connectivity index (χ1) is 24.4. The molecule has 0 aromatic heterocycles. The molecule has 4 aromatic carbocycles. The number of methoxy groups -OCH3 is 3. The van der Waals surface area contributed by atoms with Crippen molar-refractivity contribution < 1.29 is 41.6 Å². The van der Waals surface area contributed by atoms with Gasteiger partial charge in [-0.3, -0.25) is 19.6 Å². The van der Waals surface area contributed by atoms with E-state index in [1.807, 2.05) is 55.4 Å². The average molecular weight is 720 g/mol. The second kappa shape index (κ2) is 14.8. The van der Waals surface area contributed by atoms with Gasteiger partial charge in [-0.15, -0.1) is 0 Å². The van der Waals surface area contributed by atoms with Gasteiger partial charge >= 0.3 is 0 Å². The van der Waals surface area contributed by atoms with Gasteiger partial charge in [0.2, 0.25) is 0 Å². The van der Waals surface area contributed by atoms with Crippen LogP contribution in [0.25, 0.3) is 0 Å². The molecule has 0 unspecified atom stereocenters. The normalized spacial score (nSPS) is 15.8. The topological polar surface area (TPSA) is 159 Å². The van der Waals surface area contributed by atoms with E-state index in [2.05, 4.69) is 5.32 Å². The van der Waals surface area contributed by atoms with Gasteiger partial charge < -0.3 is 29.0 Å². The quantitative estimate of drug-likeness (QED) is 0.123. The van der Waals surface area contributed by atoms with Crippen LogP contribution in [0.3, 0.4) is 0 Å². The lowest BCUT2D eigenvalue weighted by Gasteiger charge is -2.36. The summed E-state index contributed by atoms with van der Waals surface area (Å²) in [7, 11) is 3.34. The minimum absolute atomic E-state index is 0.00998. The van der Waals surface area contributed by atoms with Crippen LogP contribution in [-0.4, -0.2) is 71.3 Å². The Bertz CT molecular complexity index is 2070. The van der Waals surface area contributed by atoms with Gasteiger partial charge in [-0.1, -0.05) is 12.1 Å². The summed E-state index contributed by atoms with van der Waals surface area (Å²) in [6.45, 7) is 1.17. The minimum atomic E-state index is -4.76. The lowest BCUT2D eigenvalue weighted by molar-refractivity contribution is -0.385. The van der Waals surface area contributed by atoms with Crippen LogP contribution in [0.2, 0.25) is 0 Å². The second-order valence-electron chi connectivity index (χ2n) is 12.6. The summed E-state index contributed by atoms with van der Waals surface area (Å²) in [5, 5.41) is 15.7. The van der Waals surface area contributed by atoms with Crippen LogP contribution in [-0.2, 0) is 42.2 Å². The molecule has 14 heteroatoms. The van der Waals surface area contributed by atoms with Crippen molar-refractivity contribution >= 4 is 15.8 Å². The number of nitrogens with one attached hydrogen (secondary N) is 1. The summed E-state index contributed by atoms with van der Waals surface area (Å²) in [5.74, 6) is 2.09. The standard InChI is InChI=1S/C37H41N3O10S/c1-38-14-12-24-17-30(46-3)33-18-23(24)9-6-22-7-10-26(11-8-22)49-32-19-25(35(51(43,44)45)21-31(32)47-4)16-29-36-27(13-15-39(29)2)28(40(41)42)20-34(48-5)37(36)50-33/h7-8,10-11,17-21,29,38H,6,9,12-16H2,1-5H3,(H,43,44,45)/t29-/m0/s1. The summed E-state index contributed by atoms with van der Waals surface area (Å²) < 4.78 is 66.3. The predicted octanol–water partition coefficient (Wildman–Crippen LogP) is 6.08. The van der Waals surface area contributed by atoms with E-state index >= 15 is 0 Å². The van der Waals surface area contributed by atoms with Crippen LogP contribution in [0, 0.1) is 10.1 Å². The van der Waals surface area contributed by atoms with Gasteiger partial charge in [-0.25, -0.2) is 0 Å². The van der Waals surface area contributed by atoms with E-state index in [0.29, 0.717) is 54.2 Å². The van der Waals surface area contributed by atoms with Gasteiger partial charge in [0.05, 0.1) is 32.3 Å². The van der Waals surface area contributed by atoms with Gasteiger partial charge in [0, 0.05) is 29.8 Å². The maximum atomic E-state index is 12.8. The molecule has 13 nitrogen and oxygen atoms in total. The number of likely N-dealkylation sites (N-methyl/N-ethyl adjacent to an activating group) is 2. The van der Waals surface area contributed by atoms with Crippen LogP contribution < -0.4 is 29.0 Å². The molecular formula is C37H41N3O10S. The maximum absolute atomic E-state index is 12.8. The average Bonchev–Trinajstić information content (AvgIpc) is 3.10. The molecule has 0 amide bonds. The molecule has 4 aromatic rings. The summed E-state index contributed by atoms with van der Waals surface area (Å²) >= 11 is 0. The lowest BCUT2D eigenvalue weighted by Crippen LogP contribution is -2.34. The van der Waals surface area contributed by atoms with Crippen molar-refractivity contribution in [1.82, 2.24) is 10.2 Å². The molecule has 1 atom stereocenters. The molecule has 0 saturated heterocycles. The first-order valence-corrected chi connectivity index (χ1v) is 18.0. The van der Waals surface area contributed by atoms with Crippen LogP contribution in [0.1, 0.15) is 39.4 Å². The SMILES string of the molecule is CNCCc1cc(OC)c2cc1CCc1ccc(cc1)Oc1cc(c(S(=O)(=O)O)cc1OC)C[C@H]1c3c(c([N+](=O)[O-])cc(OC)c3O2)CCN1C. The first-order valence-electron chi connectivity index (χ1n) is 16.5. The van der Waals surface area contributed by atoms with E-state index < -0.39 is 21.1 Å². The summed E-state index contributed by atoms with van der Waals surface area (Å²) in [5.41, 5.74) is 4.17. The number of nitrogens with zero attached hydrogens (tertiary/aromatic N) is 2. The molecule has 0 aliphatic carbocycles. The fourth-order valence-corrected chi connectivity index (χ4v) is 7.65. The number of hydrogen-bond acceptors (Lipinski definition) is 11. The van der Waals surface area contributed by atoms with E-state index in [1.54, 1.807) is 7.11 Å². The molecule has 6 bridgehead atoms. The van der Waals surface area contributed by atoms with Gasteiger partial charge in [-0.2, -0.15) is 8.42 Å². The highest BCUT2D eigenvalue weighted by Crippen LogP contribution is 2.51. The third-order valence-electron chi connectivity index (χ3n) is 9.58. The zero-order chi connectivity index (χ0) is 36.4. The van der Waals surface area contributed by atoms with Gasteiger partial charge in [-0.05, 0) is 105 Å². The van der Waals surface area contributed by atoms with Crippen molar-refractivity contribution in [2.45, 2.75) is 43.0 Å². The predicted molar refractivity (Wildman–Crippen MR) is 190 cm³/mol. The Morgan fingerprint density at radius 3 is 2.24 bits per heavy atom. The molecule has 2 N–H and O–H groups in total. The number of aryl methyl sites for hydroxylation is 2. The second-order valence-corrected chi connectivity index (χ2v) is 14.0. The van der Waals surface area contributed by atoms with E-state index in [9.17, 15) is 23.1 Å². The lowest BCUT2D eigenvalue weighted by atomic mass is 9.86. The first kappa shape index (κ1) is 35.9. The number of rotatable bonds is 8. The maximum Gasteiger partial charge on any atom is 0.294 e. The molecule has 3 heterocycles. The number of ether oxygens (including phenoxy) is 5. The van der Waals surface area contributed by atoms with Crippen LogP contribution in [0.4, 0.5) is 5.69 Å². The molecule has 51 heavy (non-hydrogen) atoms. The Morgan fingerprint density at radius 1 is 0.922 bits per heavy atom. The Labute approximate surface area is 296 Å². The van der Waals surface area contributed by atoms with Crippen LogP contribution in [0.5, 0.6) is 40.2 Å². The smallest absolute Gasteiger partial charge is 0.294 e. The fraction of sp³-hybridized carbons (Fsp3) is 0.351. The molecule has 3 aliphatic rings. The van der Waals surface area contributed by atoms with Crippen molar-refractivity contribution in [1.29, 1.82) is 0 Å². The summed E-state index contributed by atoms with van der Waals surface area (Å²) in [6.07, 6.45) is 2.45. The van der Waals surface area contributed by atoms with E-state index in [4.69, 9.17) is 23.7 Å². The van der Waals surface area contributed by atoms with Crippen LogP contribution >= 0.6 is 0 Å². The Hall–Kier alpha value is -4.89. The van der Waals surface area contributed by atoms with Crippen molar-refractivity contribution in [3.8, 4) is 40.2 Å². The third kappa shape index (κ3) is 7.31. The molecule has 0 saturated carbocycles. The van der Waals surface area contributed by atoms with Gasteiger partial charge in [0.15, 0.2) is 34.5 Å². The van der Waals surface area contributed by atoms with E-state index in [0.717, 1.165) is 29.7 Å². The number of hydrogen-bond donors (Lipinski definition) is 2. The largest absolute Gasteiger partial charge is 0.493 e. The molecule has 0 radical (unpaired) electrons. The molecule has 270 valence electrons. The highest BCUT2D eigenvalue weighted by Gasteiger charge is 2.38.